The van der Waals surface area contributed by atoms with Gasteiger partial charge < -0.3 is 5.32 Å². The van der Waals surface area contributed by atoms with Gasteiger partial charge in [0.25, 0.3) is 5.91 Å². The Morgan fingerprint density at radius 2 is 2.25 bits per heavy atom. The highest BCUT2D eigenvalue weighted by Crippen LogP contribution is 2.04. The Morgan fingerprint density at radius 3 is 2.83 bits per heavy atom. The third-order valence-corrected chi connectivity index (χ3v) is 1.43. The van der Waals surface area contributed by atoms with Gasteiger partial charge in [-0.1, -0.05) is 0 Å². The maximum atomic E-state index is 12.9. The van der Waals surface area contributed by atoms with Crippen LogP contribution in [0.25, 0.3) is 0 Å². The summed E-state index contributed by atoms with van der Waals surface area (Å²) in [4.78, 5) is 14.7. The number of nitrogens with one attached hydrogen (secondary N) is 1. The van der Waals surface area contributed by atoms with Crippen molar-refractivity contribution in [1.82, 2.24) is 10.3 Å². The molecule has 1 N–H and O–H groups in total. The smallest absolute Gasteiger partial charge is 0.272 e. The predicted octanol–water partition coefficient (Wildman–Crippen LogP) is 0.889. The Labute approximate surface area is 69.6 Å². The van der Waals surface area contributed by atoms with Crippen LogP contribution in [-0.4, -0.2) is 17.9 Å². The van der Waals surface area contributed by atoms with E-state index in [1.807, 2.05) is 0 Å². The molecule has 0 aliphatic rings. The lowest BCUT2D eigenvalue weighted by Crippen LogP contribution is -2.21. The largest absolute Gasteiger partial charge is 0.354 e. The number of rotatable bonds is 1. The van der Waals surface area contributed by atoms with Crippen LogP contribution in [0.2, 0.25) is 0 Å². The summed E-state index contributed by atoms with van der Waals surface area (Å²) in [5.74, 6) is -1.10. The molecule has 0 saturated heterocycles. The fourth-order valence-corrected chi connectivity index (χ4v) is 0.817. The standard InChI is InChI=1S/C8H9FN2O/c1-5-3-4-6(9)7(11-5)8(12)10-2/h3-4H,1-2H3,(H,10,12). The molecule has 0 bridgehead atoms. The van der Waals surface area contributed by atoms with Gasteiger partial charge in [0.2, 0.25) is 0 Å². The van der Waals surface area contributed by atoms with Gasteiger partial charge in [0, 0.05) is 12.7 Å². The molecule has 0 aliphatic heterocycles. The summed E-state index contributed by atoms with van der Waals surface area (Å²) in [5, 5.41) is 2.31. The minimum Gasteiger partial charge on any atom is -0.354 e. The van der Waals surface area contributed by atoms with Crippen molar-refractivity contribution in [3.8, 4) is 0 Å². The lowest BCUT2D eigenvalue weighted by molar-refractivity contribution is 0.0953. The minimum atomic E-state index is -0.597. The average Bonchev–Trinajstić information content (AvgIpc) is 2.08. The Morgan fingerprint density at radius 1 is 1.58 bits per heavy atom. The fourth-order valence-electron chi connectivity index (χ4n) is 0.817. The molecule has 12 heavy (non-hydrogen) atoms. The number of pyridine rings is 1. The predicted molar refractivity (Wildman–Crippen MR) is 42.3 cm³/mol. The van der Waals surface area contributed by atoms with E-state index in [1.54, 1.807) is 6.92 Å². The molecule has 0 unspecified atom stereocenters. The molecule has 1 rings (SSSR count). The van der Waals surface area contributed by atoms with Crippen molar-refractivity contribution >= 4 is 5.91 Å². The molecule has 1 aromatic rings. The molecule has 0 spiro atoms. The van der Waals surface area contributed by atoms with E-state index in [2.05, 4.69) is 10.3 Å². The highest BCUT2D eigenvalue weighted by molar-refractivity contribution is 5.92. The number of aryl methyl sites for hydroxylation is 1. The van der Waals surface area contributed by atoms with Gasteiger partial charge in [0.05, 0.1) is 0 Å². The fraction of sp³-hybridized carbons (Fsp3) is 0.250. The van der Waals surface area contributed by atoms with Crippen molar-refractivity contribution < 1.29 is 9.18 Å². The molecule has 0 aliphatic carbocycles. The Kier molecular flexibility index (Phi) is 2.38. The van der Waals surface area contributed by atoms with Crippen LogP contribution in [0.15, 0.2) is 12.1 Å². The van der Waals surface area contributed by atoms with Gasteiger partial charge >= 0.3 is 0 Å². The molecule has 0 fully saturated rings. The van der Waals surface area contributed by atoms with Gasteiger partial charge in [-0.15, -0.1) is 0 Å². The van der Waals surface area contributed by atoms with Crippen LogP contribution in [0.3, 0.4) is 0 Å². The highest BCUT2D eigenvalue weighted by Gasteiger charge is 2.10. The van der Waals surface area contributed by atoms with E-state index in [4.69, 9.17) is 0 Å². The van der Waals surface area contributed by atoms with Crippen LogP contribution in [0.1, 0.15) is 16.2 Å². The van der Waals surface area contributed by atoms with Gasteiger partial charge in [-0.05, 0) is 19.1 Å². The number of halogens is 1. The van der Waals surface area contributed by atoms with Crippen LogP contribution in [-0.2, 0) is 0 Å². The first-order valence-electron chi connectivity index (χ1n) is 3.50. The Balaban J connectivity index is 3.13. The third kappa shape index (κ3) is 1.58. The summed E-state index contributed by atoms with van der Waals surface area (Å²) < 4.78 is 12.9. The molecule has 0 aromatic carbocycles. The summed E-state index contributed by atoms with van der Waals surface area (Å²) in [5.41, 5.74) is 0.465. The third-order valence-electron chi connectivity index (χ3n) is 1.43. The quantitative estimate of drug-likeness (QED) is 0.676. The van der Waals surface area contributed by atoms with Gasteiger partial charge in [0.1, 0.15) is 0 Å². The molecule has 64 valence electrons. The van der Waals surface area contributed by atoms with Crippen molar-refractivity contribution in [2.45, 2.75) is 6.92 Å². The lowest BCUT2D eigenvalue weighted by atomic mass is 10.3. The zero-order valence-corrected chi connectivity index (χ0v) is 6.89. The Hall–Kier alpha value is -1.45. The second kappa shape index (κ2) is 3.30. The maximum Gasteiger partial charge on any atom is 0.272 e. The van der Waals surface area contributed by atoms with Crippen molar-refractivity contribution in [3.63, 3.8) is 0 Å². The summed E-state index contributed by atoms with van der Waals surface area (Å²) >= 11 is 0. The van der Waals surface area contributed by atoms with Gasteiger partial charge in [-0.3, -0.25) is 4.79 Å². The van der Waals surface area contributed by atoms with E-state index in [-0.39, 0.29) is 5.69 Å². The average molecular weight is 168 g/mol. The van der Waals surface area contributed by atoms with Crippen molar-refractivity contribution in [3.05, 3.63) is 29.3 Å². The van der Waals surface area contributed by atoms with Crippen LogP contribution in [0.5, 0.6) is 0 Å². The normalized spacial score (nSPS) is 9.58. The van der Waals surface area contributed by atoms with Gasteiger partial charge in [-0.2, -0.15) is 0 Å². The SMILES string of the molecule is CNC(=O)c1nc(C)ccc1F. The van der Waals surface area contributed by atoms with Gasteiger partial charge in [0.15, 0.2) is 11.5 Å². The van der Waals surface area contributed by atoms with Crippen molar-refractivity contribution in [2.75, 3.05) is 7.05 Å². The van der Waals surface area contributed by atoms with E-state index in [0.29, 0.717) is 5.69 Å². The molecular formula is C8H9FN2O. The van der Waals surface area contributed by atoms with E-state index in [0.717, 1.165) is 0 Å². The summed E-state index contributed by atoms with van der Waals surface area (Å²) in [6.07, 6.45) is 0. The van der Waals surface area contributed by atoms with E-state index in [9.17, 15) is 9.18 Å². The van der Waals surface area contributed by atoms with Crippen molar-refractivity contribution in [2.24, 2.45) is 0 Å². The van der Waals surface area contributed by atoms with Crippen LogP contribution in [0, 0.1) is 12.7 Å². The molecule has 0 radical (unpaired) electrons. The van der Waals surface area contributed by atoms with Crippen LogP contribution in [0.4, 0.5) is 4.39 Å². The number of nitrogens with zero attached hydrogens (tertiary/aromatic N) is 1. The molecule has 1 aromatic heterocycles. The maximum absolute atomic E-state index is 12.9. The van der Waals surface area contributed by atoms with E-state index < -0.39 is 11.7 Å². The zero-order chi connectivity index (χ0) is 9.14. The first-order chi connectivity index (χ1) is 5.65. The van der Waals surface area contributed by atoms with Crippen LogP contribution >= 0.6 is 0 Å². The summed E-state index contributed by atoms with van der Waals surface area (Å²) in [6.45, 7) is 1.70. The number of amides is 1. The number of hydrogen-bond donors (Lipinski definition) is 1. The van der Waals surface area contributed by atoms with Gasteiger partial charge in [-0.25, -0.2) is 9.37 Å². The van der Waals surface area contributed by atoms with E-state index >= 15 is 0 Å². The van der Waals surface area contributed by atoms with Crippen molar-refractivity contribution in [1.29, 1.82) is 0 Å². The number of hydrogen-bond acceptors (Lipinski definition) is 2. The minimum absolute atomic E-state index is 0.155. The number of aromatic nitrogens is 1. The second-order valence-corrected chi connectivity index (χ2v) is 2.36. The summed E-state index contributed by atoms with van der Waals surface area (Å²) in [7, 11) is 1.44. The van der Waals surface area contributed by atoms with Crippen LogP contribution < -0.4 is 5.32 Å². The summed E-state index contributed by atoms with van der Waals surface area (Å²) in [6, 6.07) is 2.74. The monoisotopic (exact) mass is 168 g/mol. The topological polar surface area (TPSA) is 42.0 Å². The molecule has 1 heterocycles. The second-order valence-electron chi connectivity index (χ2n) is 2.36. The molecule has 1 amide bonds. The van der Waals surface area contributed by atoms with E-state index in [1.165, 1.54) is 19.2 Å². The lowest BCUT2D eigenvalue weighted by Gasteiger charge is -2.00. The molecule has 0 saturated carbocycles. The molecule has 3 nitrogen and oxygen atoms in total. The number of carbonyl (C=O) groups is 1. The Bertz CT molecular complexity index is 312. The number of carbonyl (C=O) groups excluding carboxylic acids is 1. The first kappa shape index (κ1) is 8.64. The molecule has 4 heteroatoms. The first-order valence-corrected chi connectivity index (χ1v) is 3.50. The highest BCUT2D eigenvalue weighted by atomic mass is 19.1. The molecular weight excluding hydrogens is 159 g/mol. The zero-order valence-electron chi connectivity index (χ0n) is 6.89. The molecule has 0 atom stereocenters.